The van der Waals surface area contributed by atoms with Gasteiger partial charge in [0.1, 0.15) is 6.10 Å². The molecule has 0 saturated carbocycles. The maximum Gasteiger partial charge on any atom is 0.227 e. The molecular weight excluding hydrogens is 368 g/mol. The number of aliphatic imine (C=N–C) groups is 1. The quantitative estimate of drug-likeness (QED) is 0.629. The van der Waals surface area contributed by atoms with Crippen LogP contribution in [-0.2, 0) is 23.1 Å². The molecule has 8 nitrogen and oxygen atoms in total. The standard InChI is InChI=1S/C21H28N6O2/c1-22-21(26-10-11-29-19(15-26)17-13-24-25(2)14-17)23-12-16-5-7-18(8-6-16)27-9-3-4-20(27)28/h5-8,13-14,19H,3-4,9-12,15H2,1-2H3,(H,22,23). The first-order chi connectivity index (χ1) is 14.1. The average molecular weight is 396 g/mol. The van der Waals surface area contributed by atoms with E-state index in [1.165, 1.54) is 0 Å². The molecule has 1 N–H and O–H groups in total. The number of hydrogen-bond donors (Lipinski definition) is 1. The first-order valence-electron chi connectivity index (χ1n) is 10.1. The van der Waals surface area contributed by atoms with E-state index in [0.29, 0.717) is 19.6 Å². The molecule has 2 saturated heterocycles. The Bertz CT molecular complexity index is 876. The minimum absolute atomic E-state index is 0.00622. The number of aromatic nitrogens is 2. The van der Waals surface area contributed by atoms with Crippen LogP contribution in [0.2, 0.25) is 0 Å². The third-order valence-electron chi connectivity index (χ3n) is 5.45. The van der Waals surface area contributed by atoms with Crippen molar-refractivity contribution in [3.05, 3.63) is 47.8 Å². The second kappa shape index (κ2) is 8.65. The van der Waals surface area contributed by atoms with E-state index >= 15 is 0 Å². The highest BCUT2D eigenvalue weighted by Crippen LogP contribution is 2.23. The van der Waals surface area contributed by atoms with Gasteiger partial charge in [0.05, 0.1) is 19.3 Å². The van der Waals surface area contributed by atoms with E-state index in [2.05, 4.69) is 32.4 Å². The molecule has 2 fully saturated rings. The van der Waals surface area contributed by atoms with Crippen LogP contribution in [0.4, 0.5) is 5.69 Å². The van der Waals surface area contributed by atoms with E-state index in [4.69, 9.17) is 4.74 Å². The zero-order valence-electron chi connectivity index (χ0n) is 17.0. The highest BCUT2D eigenvalue weighted by atomic mass is 16.5. The van der Waals surface area contributed by atoms with Crippen molar-refractivity contribution in [1.82, 2.24) is 20.0 Å². The van der Waals surface area contributed by atoms with Crippen molar-refractivity contribution in [3.8, 4) is 0 Å². The molecule has 0 spiro atoms. The monoisotopic (exact) mass is 396 g/mol. The number of nitrogens with one attached hydrogen (secondary N) is 1. The van der Waals surface area contributed by atoms with Gasteiger partial charge in [-0.3, -0.25) is 14.5 Å². The van der Waals surface area contributed by atoms with Crippen LogP contribution >= 0.6 is 0 Å². The lowest BCUT2D eigenvalue weighted by atomic mass is 10.1. The van der Waals surface area contributed by atoms with E-state index in [-0.39, 0.29) is 12.0 Å². The Morgan fingerprint density at radius 2 is 2.14 bits per heavy atom. The number of aryl methyl sites for hydroxylation is 1. The van der Waals surface area contributed by atoms with Gasteiger partial charge in [0, 0.05) is 57.6 Å². The van der Waals surface area contributed by atoms with E-state index in [1.807, 2.05) is 36.5 Å². The maximum atomic E-state index is 11.9. The molecule has 0 aliphatic carbocycles. The number of benzene rings is 1. The number of ether oxygens (including phenoxy) is 1. The fourth-order valence-corrected chi connectivity index (χ4v) is 3.88. The van der Waals surface area contributed by atoms with Gasteiger partial charge in [0.2, 0.25) is 5.91 Å². The summed E-state index contributed by atoms with van der Waals surface area (Å²) in [5.41, 5.74) is 3.21. The minimum Gasteiger partial charge on any atom is -0.370 e. The summed E-state index contributed by atoms with van der Waals surface area (Å²) in [6, 6.07) is 8.18. The molecule has 1 aromatic carbocycles. The molecular formula is C21H28N6O2. The van der Waals surface area contributed by atoms with Gasteiger partial charge in [0.25, 0.3) is 0 Å². The van der Waals surface area contributed by atoms with Crippen molar-refractivity contribution in [1.29, 1.82) is 0 Å². The second-order valence-electron chi connectivity index (χ2n) is 7.47. The number of amides is 1. The molecule has 1 atom stereocenters. The second-order valence-corrected chi connectivity index (χ2v) is 7.47. The largest absolute Gasteiger partial charge is 0.370 e. The summed E-state index contributed by atoms with van der Waals surface area (Å²) in [4.78, 5) is 20.4. The number of nitrogens with zero attached hydrogens (tertiary/aromatic N) is 5. The number of anilines is 1. The summed E-state index contributed by atoms with van der Waals surface area (Å²) in [5.74, 6) is 1.08. The molecule has 2 aromatic rings. The fraction of sp³-hybridized carbons (Fsp3) is 0.476. The minimum atomic E-state index is -0.00622. The van der Waals surface area contributed by atoms with Crippen LogP contribution in [0.5, 0.6) is 0 Å². The SMILES string of the molecule is CN=C(NCc1ccc(N2CCCC2=O)cc1)N1CCOC(c2cnn(C)c2)C1. The van der Waals surface area contributed by atoms with Crippen LogP contribution in [-0.4, -0.2) is 59.8 Å². The Labute approximate surface area is 171 Å². The molecule has 29 heavy (non-hydrogen) atoms. The fourth-order valence-electron chi connectivity index (χ4n) is 3.88. The third kappa shape index (κ3) is 4.42. The molecule has 4 rings (SSSR count). The number of carbonyl (C=O) groups is 1. The predicted molar refractivity (Wildman–Crippen MR) is 112 cm³/mol. The van der Waals surface area contributed by atoms with E-state index in [1.54, 1.807) is 11.7 Å². The number of morpholine rings is 1. The molecule has 2 aliphatic rings. The molecule has 154 valence electrons. The summed E-state index contributed by atoms with van der Waals surface area (Å²) in [7, 11) is 3.72. The third-order valence-corrected chi connectivity index (χ3v) is 5.45. The first-order valence-corrected chi connectivity index (χ1v) is 10.1. The molecule has 1 amide bonds. The van der Waals surface area contributed by atoms with Crippen molar-refractivity contribution >= 4 is 17.6 Å². The Balaban J connectivity index is 1.35. The van der Waals surface area contributed by atoms with Gasteiger partial charge in [-0.05, 0) is 24.1 Å². The van der Waals surface area contributed by atoms with Crippen molar-refractivity contribution in [2.45, 2.75) is 25.5 Å². The lowest BCUT2D eigenvalue weighted by Crippen LogP contribution is -2.47. The highest BCUT2D eigenvalue weighted by Gasteiger charge is 2.25. The van der Waals surface area contributed by atoms with Crippen molar-refractivity contribution in [2.24, 2.45) is 12.0 Å². The van der Waals surface area contributed by atoms with Gasteiger partial charge < -0.3 is 19.9 Å². The summed E-state index contributed by atoms with van der Waals surface area (Å²) in [6.45, 7) is 3.68. The van der Waals surface area contributed by atoms with Crippen molar-refractivity contribution in [3.63, 3.8) is 0 Å². The topological polar surface area (TPSA) is 75.0 Å². The van der Waals surface area contributed by atoms with Crippen LogP contribution in [0.1, 0.15) is 30.1 Å². The lowest BCUT2D eigenvalue weighted by molar-refractivity contribution is -0.117. The van der Waals surface area contributed by atoms with Gasteiger partial charge in [-0.2, -0.15) is 5.10 Å². The Kier molecular flexibility index (Phi) is 5.80. The zero-order valence-corrected chi connectivity index (χ0v) is 17.0. The normalized spacial score (nSPS) is 20.4. The zero-order chi connectivity index (χ0) is 20.2. The summed E-state index contributed by atoms with van der Waals surface area (Å²) >= 11 is 0. The van der Waals surface area contributed by atoms with Crippen LogP contribution in [0.15, 0.2) is 41.7 Å². The van der Waals surface area contributed by atoms with E-state index < -0.39 is 0 Å². The summed E-state index contributed by atoms with van der Waals surface area (Å²) in [6.07, 6.45) is 5.44. The molecule has 3 heterocycles. The van der Waals surface area contributed by atoms with E-state index in [9.17, 15) is 4.79 Å². The van der Waals surface area contributed by atoms with Gasteiger partial charge in [-0.1, -0.05) is 12.1 Å². The van der Waals surface area contributed by atoms with Crippen LogP contribution in [0.25, 0.3) is 0 Å². The smallest absolute Gasteiger partial charge is 0.227 e. The Morgan fingerprint density at radius 1 is 1.31 bits per heavy atom. The molecule has 0 bridgehead atoms. The van der Waals surface area contributed by atoms with Gasteiger partial charge in [0.15, 0.2) is 5.96 Å². The highest BCUT2D eigenvalue weighted by molar-refractivity contribution is 5.95. The van der Waals surface area contributed by atoms with Crippen LogP contribution in [0.3, 0.4) is 0 Å². The maximum absolute atomic E-state index is 11.9. The van der Waals surface area contributed by atoms with Gasteiger partial charge in [-0.25, -0.2) is 0 Å². The Morgan fingerprint density at radius 3 is 2.79 bits per heavy atom. The summed E-state index contributed by atoms with van der Waals surface area (Å²) < 4.78 is 7.72. The number of rotatable bonds is 4. The molecule has 1 aromatic heterocycles. The summed E-state index contributed by atoms with van der Waals surface area (Å²) in [5, 5.41) is 7.70. The molecule has 8 heteroatoms. The Hall–Kier alpha value is -2.87. The lowest BCUT2D eigenvalue weighted by Gasteiger charge is -2.34. The average Bonchev–Trinajstić information content (AvgIpc) is 3.37. The van der Waals surface area contributed by atoms with Crippen LogP contribution < -0.4 is 10.2 Å². The van der Waals surface area contributed by atoms with Crippen molar-refractivity contribution in [2.75, 3.05) is 38.2 Å². The van der Waals surface area contributed by atoms with E-state index in [0.717, 1.165) is 48.8 Å². The first kappa shape index (κ1) is 19.4. The number of guanidine groups is 1. The predicted octanol–water partition coefficient (Wildman–Crippen LogP) is 1.70. The number of hydrogen-bond acceptors (Lipinski definition) is 4. The molecule has 1 unspecified atom stereocenters. The van der Waals surface area contributed by atoms with Gasteiger partial charge >= 0.3 is 0 Å². The van der Waals surface area contributed by atoms with Crippen LogP contribution in [0, 0.1) is 0 Å². The molecule has 2 aliphatic heterocycles. The number of carbonyl (C=O) groups excluding carboxylic acids is 1. The van der Waals surface area contributed by atoms with Gasteiger partial charge in [-0.15, -0.1) is 0 Å². The van der Waals surface area contributed by atoms with Crippen molar-refractivity contribution < 1.29 is 9.53 Å². The molecule has 0 radical (unpaired) electrons.